The van der Waals surface area contributed by atoms with Gasteiger partial charge in [0.05, 0.1) is 0 Å². The van der Waals surface area contributed by atoms with E-state index >= 15 is 0 Å². The normalized spacial score (nSPS) is 17.4. The van der Waals surface area contributed by atoms with E-state index in [0.29, 0.717) is 5.70 Å². The van der Waals surface area contributed by atoms with Crippen molar-refractivity contribution in [3.05, 3.63) is 11.9 Å². The predicted octanol–water partition coefficient (Wildman–Crippen LogP) is -1.03. The van der Waals surface area contributed by atoms with E-state index in [4.69, 9.17) is 0 Å². The number of nitrogens with one attached hydrogen (secondary N) is 1. The molecule has 1 N–H and O–H groups in total. The summed E-state index contributed by atoms with van der Waals surface area (Å²) in [6.07, 6.45) is 2.68. The quantitative estimate of drug-likeness (QED) is 0.497. The fraction of sp³-hybridized carbons (Fsp3) is 0.250. The molecule has 0 aromatic rings. The van der Waals surface area contributed by atoms with Gasteiger partial charge >= 0.3 is 63.7 Å². The molecule has 4 heteroatoms. The molecule has 0 aliphatic carbocycles. The Balaban J connectivity index is 2.56. The maximum atomic E-state index is 10.0. The molecule has 0 unspecified atom stereocenters. The van der Waals surface area contributed by atoms with Crippen LogP contribution in [0.5, 0.6) is 0 Å². The molecule has 40 valence electrons. The fourth-order valence-corrected chi connectivity index (χ4v) is 1.50. The summed E-state index contributed by atoms with van der Waals surface area (Å²) >= 11 is 0.796. The van der Waals surface area contributed by atoms with E-state index in [1.807, 2.05) is 6.20 Å². The fourth-order valence-electron chi connectivity index (χ4n) is 0.525. The molecule has 1 aliphatic heterocycles. The van der Waals surface area contributed by atoms with Crippen molar-refractivity contribution in [3.8, 4) is 0 Å². The number of aldehydes is 1. The number of rotatable bonds is 1. The number of hydrogen-bond donors (Lipinski definition) is 1. The first-order valence-corrected chi connectivity index (χ1v) is 4.26. The van der Waals surface area contributed by atoms with Crippen LogP contribution in [0, 0.1) is 0 Å². The molecule has 0 aromatic heterocycles. The second-order valence-corrected chi connectivity index (χ2v) is 4.13. The molecule has 8 heavy (non-hydrogen) atoms. The van der Waals surface area contributed by atoms with Crippen LogP contribution in [0.3, 0.4) is 0 Å². The Labute approximate surface area is 63.8 Å². The van der Waals surface area contributed by atoms with E-state index in [1.54, 1.807) is 0 Å². The van der Waals surface area contributed by atoms with Gasteiger partial charge in [-0.3, -0.25) is 0 Å². The summed E-state index contributed by atoms with van der Waals surface area (Å²) in [6.45, 7) is 0.818. The van der Waals surface area contributed by atoms with E-state index in [-0.39, 0.29) is 0 Å². The predicted molar refractivity (Wildman–Crippen MR) is 29.7 cm³/mol. The molecule has 1 rings (SSSR count). The molecule has 1 aliphatic rings. The van der Waals surface area contributed by atoms with Gasteiger partial charge in [-0.1, -0.05) is 0 Å². The van der Waals surface area contributed by atoms with Gasteiger partial charge in [-0.2, -0.15) is 0 Å². The first kappa shape index (κ1) is 6.06. The zero-order valence-electron chi connectivity index (χ0n) is 4.29. The Hall–Kier alpha value is -0.0679. The number of carbonyl (C=O) groups is 1. The molecule has 0 saturated heterocycles. The number of hydrogen-bond acceptors (Lipinski definition) is 3. The zero-order valence-corrected chi connectivity index (χ0v) is 8.78. The van der Waals surface area contributed by atoms with E-state index in [2.05, 4.69) is 8.03 Å². The molecule has 1 heterocycles. The maximum absolute atomic E-state index is 10.0. The van der Waals surface area contributed by atoms with E-state index in [1.165, 1.54) is 0 Å². The summed E-state index contributed by atoms with van der Waals surface area (Å²) < 4.78 is 2.07. The van der Waals surface area contributed by atoms with Gasteiger partial charge in [0.2, 0.25) is 0 Å². The van der Waals surface area contributed by atoms with Gasteiger partial charge < -0.3 is 0 Å². The summed E-state index contributed by atoms with van der Waals surface area (Å²) in [6, 6.07) is 0. The molecule has 3 nitrogen and oxygen atoms in total. The minimum atomic E-state index is 0.701. The summed E-state index contributed by atoms with van der Waals surface area (Å²) in [7, 11) is 0. The first-order chi connectivity index (χ1) is 3.83. The van der Waals surface area contributed by atoms with E-state index in [0.717, 1.165) is 39.0 Å². The van der Waals surface area contributed by atoms with Crippen LogP contribution in [0.25, 0.3) is 0 Å². The Morgan fingerprint density at radius 1 is 2.00 bits per heavy atom. The molecule has 0 atom stereocenters. The molecule has 0 saturated carbocycles. The summed E-state index contributed by atoms with van der Waals surface area (Å²) in [5, 5.41) is 2.92. The average Bonchev–Trinajstić information content (AvgIpc) is 2.14. The van der Waals surface area contributed by atoms with E-state index < -0.39 is 0 Å². The molecular weight excluding hydrogens is 296 g/mol. The van der Waals surface area contributed by atoms with Gasteiger partial charge in [-0.25, -0.2) is 0 Å². The number of allylic oxidation sites excluding steroid dienone is 1. The molecular formula is C4H5N2OTl. The van der Waals surface area contributed by atoms with Crippen LogP contribution in [0.4, 0.5) is 0 Å². The van der Waals surface area contributed by atoms with Gasteiger partial charge in [-0.15, -0.1) is 0 Å². The first-order valence-electron chi connectivity index (χ1n) is 2.25. The topological polar surface area (TPSA) is 32.3 Å². The van der Waals surface area contributed by atoms with E-state index in [9.17, 15) is 4.79 Å². The number of nitrogens with zero attached hydrogens (tertiary/aromatic N) is 1. The SMILES string of the molecule is O=CC1=C[N]([Tl])CN1. The monoisotopic (exact) mass is 302 g/mol. The summed E-state index contributed by atoms with van der Waals surface area (Å²) in [5.74, 6) is 0. The van der Waals surface area contributed by atoms with Crippen LogP contribution >= 0.6 is 0 Å². The average molecular weight is 301 g/mol. The molecule has 0 bridgehead atoms. The second kappa shape index (κ2) is 2.47. The van der Waals surface area contributed by atoms with Gasteiger partial charge in [0.1, 0.15) is 0 Å². The molecule has 0 aromatic carbocycles. The van der Waals surface area contributed by atoms with Crippen molar-refractivity contribution in [2.45, 2.75) is 0 Å². The summed E-state index contributed by atoms with van der Waals surface area (Å²) in [5.41, 5.74) is 0.701. The van der Waals surface area contributed by atoms with Gasteiger partial charge in [0, 0.05) is 0 Å². The molecule has 0 spiro atoms. The van der Waals surface area contributed by atoms with Crippen LogP contribution in [-0.2, 0) is 4.79 Å². The Bertz CT molecular complexity index is 134. The zero-order chi connectivity index (χ0) is 5.98. The van der Waals surface area contributed by atoms with Crippen molar-refractivity contribution in [2.24, 2.45) is 0 Å². The van der Waals surface area contributed by atoms with Crippen LogP contribution in [-0.4, -0.2) is 41.7 Å². The standard InChI is InChI=1S/C4H6N2O.Tl/c7-2-4-1-5-3-6-4;/h1-2,6H,3H2,(H,5,7);/q;+1/p-1. The van der Waals surface area contributed by atoms with Crippen molar-refractivity contribution in [1.82, 2.24) is 8.03 Å². The Kier molecular flexibility index (Phi) is 1.87. The van der Waals surface area contributed by atoms with Crippen molar-refractivity contribution in [1.29, 1.82) is 0 Å². The second-order valence-electron chi connectivity index (χ2n) is 1.55. The van der Waals surface area contributed by atoms with Crippen molar-refractivity contribution in [2.75, 3.05) is 6.67 Å². The third kappa shape index (κ3) is 1.21. The van der Waals surface area contributed by atoms with Crippen molar-refractivity contribution >= 4 is 32.4 Å². The molecule has 0 fully saturated rings. The minimum absolute atomic E-state index is 0.701. The van der Waals surface area contributed by atoms with Crippen LogP contribution in [0.15, 0.2) is 11.9 Å². The summed E-state index contributed by atoms with van der Waals surface area (Å²) in [4.78, 5) is 10.0. The molecule has 0 amide bonds. The van der Waals surface area contributed by atoms with Crippen molar-refractivity contribution in [3.63, 3.8) is 0 Å². The van der Waals surface area contributed by atoms with Gasteiger partial charge in [0.25, 0.3) is 0 Å². The Morgan fingerprint density at radius 3 is 3.00 bits per heavy atom. The van der Waals surface area contributed by atoms with Crippen LogP contribution in [0.1, 0.15) is 0 Å². The van der Waals surface area contributed by atoms with Gasteiger partial charge in [-0.05, 0) is 0 Å². The van der Waals surface area contributed by atoms with Crippen LogP contribution < -0.4 is 5.32 Å². The molecule has 0 radical (unpaired) electrons. The van der Waals surface area contributed by atoms with Crippen molar-refractivity contribution < 1.29 is 4.79 Å². The Morgan fingerprint density at radius 2 is 2.75 bits per heavy atom. The number of carbonyl (C=O) groups excluding carboxylic acids is 1. The van der Waals surface area contributed by atoms with Gasteiger partial charge in [0.15, 0.2) is 0 Å². The van der Waals surface area contributed by atoms with Crippen LogP contribution in [0.2, 0.25) is 0 Å². The third-order valence-electron chi connectivity index (χ3n) is 0.898. The third-order valence-corrected chi connectivity index (χ3v) is 2.19.